The van der Waals surface area contributed by atoms with E-state index in [0.717, 1.165) is 12.8 Å². The summed E-state index contributed by atoms with van der Waals surface area (Å²) in [5, 5.41) is 9.99. The van der Waals surface area contributed by atoms with Crippen LogP contribution in [0.5, 0.6) is 0 Å². The molecule has 0 aromatic heterocycles. The lowest BCUT2D eigenvalue weighted by atomic mass is 9.89. The van der Waals surface area contributed by atoms with Crippen molar-refractivity contribution in [2.24, 2.45) is 5.41 Å². The van der Waals surface area contributed by atoms with Crippen molar-refractivity contribution >= 4 is 28.0 Å². The molecule has 0 radical (unpaired) electrons. The van der Waals surface area contributed by atoms with Crippen molar-refractivity contribution in [3.63, 3.8) is 0 Å². The molecular weight excluding hydrogens is 204 g/mol. The van der Waals surface area contributed by atoms with Gasteiger partial charge in [-0.05, 0) is 24.5 Å². The fraction of sp³-hybridized carbons (Fsp3) is 0.889. The highest BCUT2D eigenvalue weighted by Gasteiger charge is 2.41. The SMILES string of the molecule is CSC(=O)SC1CCC(C)(C)C1O. The van der Waals surface area contributed by atoms with Crippen LogP contribution in [0, 0.1) is 5.41 Å². The van der Waals surface area contributed by atoms with Gasteiger partial charge in [-0.3, -0.25) is 4.79 Å². The molecule has 0 bridgehead atoms. The third kappa shape index (κ3) is 2.64. The van der Waals surface area contributed by atoms with Crippen molar-refractivity contribution in [2.75, 3.05) is 6.26 Å². The zero-order valence-electron chi connectivity index (χ0n) is 8.24. The lowest BCUT2D eigenvalue weighted by Crippen LogP contribution is -2.29. The predicted molar refractivity (Wildman–Crippen MR) is 59.3 cm³/mol. The maximum absolute atomic E-state index is 11.1. The van der Waals surface area contributed by atoms with E-state index in [2.05, 4.69) is 13.8 Å². The van der Waals surface area contributed by atoms with E-state index >= 15 is 0 Å². The van der Waals surface area contributed by atoms with Crippen LogP contribution in [-0.2, 0) is 0 Å². The molecule has 1 aliphatic rings. The first-order chi connectivity index (χ1) is 5.97. The van der Waals surface area contributed by atoms with Gasteiger partial charge in [0.25, 0.3) is 0 Å². The van der Waals surface area contributed by atoms with E-state index < -0.39 is 0 Å². The van der Waals surface area contributed by atoms with Gasteiger partial charge in [-0.25, -0.2) is 0 Å². The largest absolute Gasteiger partial charge is 0.391 e. The Morgan fingerprint density at radius 2 is 2.15 bits per heavy atom. The highest BCUT2D eigenvalue weighted by atomic mass is 32.2. The fourth-order valence-corrected chi connectivity index (χ4v) is 3.35. The van der Waals surface area contributed by atoms with E-state index in [9.17, 15) is 9.90 Å². The average molecular weight is 220 g/mol. The molecule has 0 heterocycles. The summed E-state index contributed by atoms with van der Waals surface area (Å²) in [6, 6.07) is 0. The normalized spacial score (nSPS) is 32.0. The summed E-state index contributed by atoms with van der Waals surface area (Å²) >= 11 is 2.52. The Balaban J connectivity index is 2.51. The third-order valence-corrected chi connectivity index (χ3v) is 4.75. The molecule has 4 heteroatoms. The van der Waals surface area contributed by atoms with E-state index in [4.69, 9.17) is 0 Å². The molecule has 1 N–H and O–H groups in total. The van der Waals surface area contributed by atoms with Crippen LogP contribution in [0.25, 0.3) is 0 Å². The Morgan fingerprint density at radius 3 is 2.54 bits per heavy atom. The fourth-order valence-electron chi connectivity index (χ4n) is 1.62. The van der Waals surface area contributed by atoms with Crippen LogP contribution in [0.15, 0.2) is 0 Å². The summed E-state index contributed by atoms with van der Waals surface area (Å²) in [4.78, 5) is 11.1. The number of rotatable bonds is 1. The Hall–Kier alpha value is 0.330. The minimum Gasteiger partial charge on any atom is -0.391 e. The second-order valence-electron chi connectivity index (χ2n) is 4.08. The molecular formula is C9H16O2S2. The van der Waals surface area contributed by atoms with E-state index in [1.54, 1.807) is 6.26 Å². The second-order valence-corrected chi connectivity index (χ2v) is 6.33. The van der Waals surface area contributed by atoms with Gasteiger partial charge in [-0.15, -0.1) is 0 Å². The van der Waals surface area contributed by atoms with Crippen molar-refractivity contribution in [1.82, 2.24) is 0 Å². The molecule has 1 fully saturated rings. The maximum atomic E-state index is 11.1. The number of aliphatic hydroxyl groups is 1. The molecule has 1 saturated carbocycles. The summed E-state index contributed by atoms with van der Waals surface area (Å²) in [5.74, 6) is 0. The Morgan fingerprint density at radius 1 is 1.54 bits per heavy atom. The first kappa shape index (κ1) is 11.4. The summed E-state index contributed by atoms with van der Waals surface area (Å²) in [6.45, 7) is 4.11. The van der Waals surface area contributed by atoms with Crippen molar-refractivity contribution in [3.05, 3.63) is 0 Å². The van der Waals surface area contributed by atoms with Crippen molar-refractivity contribution in [2.45, 2.75) is 38.0 Å². The molecule has 2 unspecified atom stereocenters. The zero-order chi connectivity index (χ0) is 10.1. The van der Waals surface area contributed by atoms with E-state index in [-0.39, 0.29) is 21.2 Å². The molecule has 2 nitrogen and oxygen atoms in total. The average Bonchev–Trinajstić information content (AvgIpc) is 2.32. The minimum absolute atomic E-state index is 0.0175. The van der Waals surface area contributed by atoms with Gasteiger partial charge in [0.2, 0.25) is 4.45 Å². The Kier molecular flexibility index (Phi) is 3.72. The standard InChI is InChI=1S/C9H16O2S2/c1-9(2)5-4-6(7(9)10)13-8(11)12-3/h6-7,10H,4-5H2,1-3H3. The molecule has 2 atom stereocenters. The molecule has 1 rings (SSSR count). The van der Waals surface area contributed by atoms with Crippen LogP contribution >= 0.6 is 23.5 Å². The van der Waals surface area contributed by atoms with Gasteiger partial charge < -0.3 is 5.11 Å². The summed E-state index contributed by atoms with van der Waals surface area (Å²) in [6.07, 6.45) is 3.40. The van der Waals surface area contributed by atoms with Gasteiger partial charge in [-0.1, -0.05) is 37.4 Å². The van der Waals surface area contributed by atoms with Crippen molar-refractivity contribution in [3.8, 4) is 0 Å². The van der Waals surface area contributed by atoms with Gasteiger partial charge >= 0.3 is 0 Å². The smallest absolute Gasteiger partial charge is 0.246 e. The molecule has 0 saturated heterocycles. The van der Waals surface area contributed by atoms with Gasteiger partial charge in [0, 0.05) is 5.25 Å². The first-order valence-electron chi connectivity index (χ1n) is 4.40. The summed E-state index contributed by atoms with van der Waals surface area (Å²) < 4.78 is 0.113. The van der Waals surface area contributed by atoms with Crippen molar-refractivity contribution < 1.29 is 9.90 Å². The van der Waals surface area contributed by atoms with E-state index in [0.29, 0.717) is 0 Å². The summed E-state index contributed by atoms with van der Waals surface area (Å²) in [5.41, 5.74) is -0.0175. The molecule has 1 aliphatic carbocycles. The maximum Gasteiger partial charge on any atom is 0.246 e. The highest BCUT2D eigenvalue weighted by Crippen LogP contribution is 2.43. The predicted octanol–water partition coefficient (Wildman–Crippen LogP) is 2.75. The van der Waals surface area contributed by atoms with E-state index in [1.165, 1.54) is 23.5 Å². The van der Waals surface area contributed by atoms with Crippen molar-refractivity contribution in [1.29, 1.82) is 0 Å². The number of aliphatic hydroxyl groups excluding tert-OH is 1. The number of thioether (sulfide) groups is 2. The number of hydrogen-bond donors (Lipinski definition) is 1. The van der Waals surface area contributed by atoms with Crippen LogP contribution in [-0.4, -0.2) is 27.2 Å². The van der Waals surface area contributed by atoms with Gasteiger partial charge in [-0.2, -0.15) is 0 Å². The number of carbonyl (C=O) groups excluding carboxylic acids is 1. The number of carbonyl (C=O) groups is 1. The molecule has 0 aromatic rings. The summed E-state index contributed by atoms with van der Waals surface area (Å²) in [7, 11) is 0. The number of hydrogen-bond acceptors (Lipinski definition) is 4. The van der Waals surface area contributed by atoms with Crippen LogP contribution < -0.4 is 0 Å². The Labute approximate surface area is 87.9 Å². The minimum atomic E-state index is -0.339. The monoisotopic (exact) mass is 220 g/mol. The molecule has 0 aliphatic heterocycles. The second kappa shape index (κ2) is 4.24. The van der Waals surface area contributed by atoms with Crippen LogP contribution in [0.3, 0.4) is 0 Å². The van der Waals surface area contributed by atoms with Crippen LogP contribution in [0.1, 0.15) is 26.7 Å². The molecule has 76 valence electrons. The van der Waals surface area contributed by atoms with E-state index in [1.807, 2.05) is 0 Å². The highest BCUT2D eigenvalue weighted by molar-refractivity contribution is 8.38. The first-order valence-corrected chi connectivity index (χ1v) is 6.50. The zero-order valence-corrected chi connectivity index (χ0v) is 9.87. The molecule has 13 heavy (non-hydrogen) atoms. The van der Waals surface area contributed by atoms with Gasteiger partial charge in [0.1, 0.15) is 0 Å². The lowest BCUT2D eigenvalue weighted by molar-refractivity contribution is 0.0834. The van der Waals surface area contributed by atoms with Gasteiger partial charge in [0.05, 0.1) is 6.10 Å². The molecule has 0 amide bonds. The third-order valence-electron chi connectivity index (χ3n) is 2.64. The Bertz CT molecular complexity index is 204. The lowest BCUT2D eigenvalue weighted by Gasteiger charge is -2.24. The topological polar surface area (TPSA) is 37.3 Å². The molecule has 0 spiro atoms. The quantitative estimate of drug-likeness (QED) is 0.737. The van der Waals surface area contributed by atoms with Crippen LogP contribution in [0.4, 0.5) is 4.79 Å². The molecule has 0 aromatic carbocycles. The van der Waals surface area contributed by atoms with Gasteiger partial charge in [0.15, 0.2) is 0 Å². The van der Waals surface area contributed by atoms with Crippen LogP contribution in [0.2, 0.25) is 0 Å².